The van der Waals surface area contributed by atoms with Gasteiger partial charge >= 0.3 is 0 Å². The number of carbonyl (C=O) groups excluding carboxylic acids is 1. The second kappa shape index (κ2) is 8.80. The number of alkyl halides is 2. The Bertz CT molecular complexity index is 935. The SMILES string of the molecule is Cc1cc2n(n1)[C@@H](C(F)F)C[C@@H]([C@H]1CCCN(C(=O)[C@@H](C)Oc3ccccc3F)C1)N2. The lowest BCUT2D eigenvalue weighted by Gasteiger charge is -2.41. The van der Waals surface area contributed by atoms with Crippen molar-refractivity contribution in [2.24, 2.45) is 5.92 Å². The summed E-state index contributed by atoms with van der Waals surface area (Å²) in [5.41, 5.74) is 0.688. The molecule has 0 unspecified atom stereocenters. The number of aromatic nitrogens is 2. The van der Waals surface area contributed by atoms with Crippen molar-refractivity contribution in [3.05, 3.63) is 41.8 Å². The number of anilines is 1. The molecular formula is C22H27F3N4O2. The highest BCUT2D eigenvalue weighted by Gasteiger charge is 2.39. The summed E-state index contributed by atoms with van der Waals surface area (Å²) < 4.78 is 48.2. The standard InChI is InChI=1S/C22H27F3N4O2/c1-13-10-20-26-17(11-18(21(24)25)29(20)27-13)15-6-5-9-28(12-15)22(30)14(2)31-19-8-4-3-7-16(19)23/h3-4,7-8,10,14-15,17-18,21,26H,5-6,9,11-12H2,1-2H3/t14-,15+,17+,18-/m1/s1. The van der Waals surface area contributed by atoms with Crippen molar-refractivity contribution in [2.45, 2.75) is 57.7 Å². The Kier molecular flexibility index (Phi) is 6.11. The number of hydrogen-bond donors (Lipinski definition) is 1. The molecule has 4 atom stereocenters. The van der Waals surface area contributed by atoms with Crippen LogP contribution in [0.15, 0.2) is 30.3 Å². The van der Waals surface area contributed by atoms with Gasteiger partial charge in [0.1, 0.15) is 11.9 Å². The molecule has 1 saturated heterocycles. The molecule has 0 bridgehead atoms. The van der Waals surface area contributed by atoms with Gasteiger partial charge < -0.3 is 15.0 Å². The van der Waals surface area contributed by atoms with E-state index in [1.807, 2.05) is 0 Å². The van der Waals surface area contributed by atoms with Crippen LogP contribution < -0.4 is 10.1 Å². The third-order valence-electron chi connectivity index (χ3n) is 6.12. The Labute approximate surface area is 179 Å². The third-order valence-corrected chi connectivity index (χ3v) is 6.12. The number of piperidine rings is 1. The van der Waals surface area contributed by atoms with Crippen LogP contribution in [-0.2, 0) is 4.79 Å². The van der Waals surface area contributed by atoms with Crippen LogP contribution in [0.4, 0.5) is 19.0 Å². The molecule has 3 heterocycles. The number of carbonyl (C=O) groups is 1. The Balaban J connectivity index is 1.43. The number of nitrogens with zero attached hydrogens (tertiary/aromatic N) is 3. The van der Waals surface area contributed by atoms with Crippen molar-refractivity contribution >= 4 is 11.7 Å². The van der Waals surface area contributed by atoms with E-state index in [1.54, 1.807) is 36.9 Å². The van der Waals surface area contributed by atoms with Gasteiger partial charge in [0.2, 0.25) is 0 Å². The van der Waals surface area contributed by atoms with Crippen LogP contribution in [-0.4, -0.2) is 52.2 Å². The molecule has 2 aromatic rings. The van der Waals surface area contributed by atoms with Gasteiger partial charge in [-0.25, -0.2) is 17.9 Å². The number of likely N-dealkylation sites (tertiary alicyclic amines) is 1. The zero-order chi connectivity index (χ0) is 22.1. The lowest BCUT2D eigenvalue weighted by atomic mass is 9.86. The van der Waals surface area contributed by atoms with Crippen LogP contribution in [0.3, 0.4) is 0 Å². The summed E-state index contributed by atoms with van der Waals surface area (Å²) in [6.45, 7) is 4.40. The van der Waals surface area contributed by atoms with Crippen LogP contribution in [0.2, 0.25) is 0 Å². The average molecular weight is 436 g/mol. The highest BCUT2D eigenvalue weighted by molar-refractivity contribution is 5.81. The zero-order valence-electron chi connectivity index (χ0n) is 17.6. The van der Waals surface area contributed by atoms with Crippen molar-refractivity contribution < 1.29 is 22.7 Å². The highest BCUT2D eigenvalue weighted by Crippen LogP contribution is 2.36. The van der Waals surface area contributed by atoms with Gasteiger partial charge in [-0.1, -0.05) is 12.1 Å². The first-order valence-electron chi connectivity index (χ1n) is 10.6. The molecule has 0 saturated carbocycles. The Morgan fingerprint density at radius 1 is 1.32 bits per heavy atom. The second-order valence-electron chi connectivity index (χ2n) is 8.38. The number of fused-ring (bicyclic) bond motifs is 1. The fraction of sp³-hybridized carbons (Fsp3) is 0.545. The molecule has 6 nitrogen and oxygen atoms in total. The van der Waals surface area contributed by atoms with Crippen molar-refractivity contribution in [3.8, 4) is 5.75 Å². The minimum absolute atomic E-state index is 0.0311. The molecule has 1 N–H and O–H groups in total. The Hall–Kier alpha value is -2.71. The molecule has 0 radical (unpaired) electrons. The molecule has 168 valence electrons. The topological polar surface area (TPSA) is 59.4 Å². The summed E-state index contributed by atoms with van der Waals surface area (Å²) in [6.07, 6.45) is -1.49. The minimum Gasteiger partial charge on any atom is -0.478 e. The predicted molar refractivity (Wildman–Crippen MR) is 110 cm³/mol. The molecule has 2 aliphatic heterocycles. The van der Waals surface area contributed by atoms with Crippen LogP contribution in [0, 0.1) is 18.7 Å². The van der Waals surface area contributed by atoms with E-state index in [2.05, 4.69) is 10.4 Å². The first-order chi connectivity index (χ1) is 14.8. The number of para-hydroxylation sites is 1. The number of amides is 1. The second-order valence-corrected chi connectivity index (χ2v) is 8.38. The number of benzene rings is 1. The van der Waals surface area contributed by atoms with Crippen molar-refractivity contribution in [3.63, 3.8) is 0 Å². The van der Waals surface area contributed by atoms with Gasteiger partial charge in [0.15, 0.2) is 17.7 Å². The van der Waals surface area contributed by atoms with Gasteiger partial charge in [0.25, 0.3) is 12.3 Å². The van der Waals surface area contributed by atoms with Gasteiger partial charge in [-0.3, -0.25) is 4.79 Å². The summed E-state index contributed by atoms with van der Waals surface area (Å²) in [5, 5.41) is 7.57. The first kappa shape index (κ1) is 21.5. The summed E-state index contributed by atoms with van der Waals surface area (Å²) in [5.74, 6) is -0.0818. The quantitative estimate of drug-likeness (QED) is 0.769. The maximum Gasteiger partial charge on any atom is 0.263 e. The first-order valence-corrected chi connectivity index (χ1v) is 10.6. The van der Waals surface area contributed by atoms with E-state index in [-0.39, 0.29) is 30.0 Å². The third kappa shape index (κ3) is 4.50. The van der Waals surface area contributed by atoms with Crippen molar-refractivity contribution in [1.82, 2.24) is 14.7 Å². The lowest BCUT2D eigenvalue weighted by molar-refractivity contribution is -0.140. The maximum absolute atomic E-state index is 13.9. The molecular weight excluding hydrogens is 409 g/mol. The molecule has 1 fully saturated rings. The molecule has 4 rings (SSSR count). The van der Waals surface area contributed by atoms with Crippen LogP contribution in [0.1, 0.15) is 37.9 Å². The molecule has 1 amide bonds. The van der Waals surface area contributed by atoms with Gasteiger partial charge in [-0.15, -0.1) is 0 Å². The average Bonchev–Trinajstić information content (AvgIpc) is 3.14. The number of halogens is 3. The van der Waals surface area contributed by atoms with Crippen LogP contribution >= 0.6 is 0 Å². The van der Waals surface area contributed by atoms with Gasteiger partial charge in [0, 0.05) is 25.2 Å². The highest BCUT2D eigenvalue weighted by atomic mass is 19.3. The van der Waals surface area contributed by atoms with E-state index in [0.29, 0.717) is 24.6 Å². The number of hydrogen-bond acceptors (Lipinski definition) is 4. The lowest BCUT2D eigenvalue weighted by Crippen LogP contribution is -2.50. The van der Waals surface area contributed by atoms with E-state index >= 15 is 0 Å². The number of rotatable bonds is 5. The Morgan fingerprint density at radius 3 is 2.84 bits per heavy atom. The number of nitrogens with one attached hydrogen (secondary N) is 1. The largest absolute Gasteiger partial charge is 0.478 e. The molecule has 0 aliphatic carbocycles. The monoisotopic (exact) mass is 436 g/mol. The van der Waals surface area contributed by atoms with Crippen molar-refractivity contribution in [1.29, 1.82) is 0 Å². The maximum atomic E-state index is 13.9. The molecule has 2 aliphatic rings. The van der Waals surface area contributed by atoms with E-state index in [0.717, 1.165) is 12.8 Å². The number of aryl methyl sites for hydroxylation is 1. The molecule has 1 aromatic heterocycles. The van der Waals surface area contributed by atoms with E-state index in [9.17, 15) is 18.0 Å². The molecule has 31 heavy (non-hydrogen) atoms. The smallest absolute Gasteiger partial charge is 0.263 e. The van der Waals surface area contributed by atoms with Gasteiger partial charge in [0.05, 0.1) is 5.69 Å². The van der Waals surface area contributed by atoms with E-state index in [1.165, 1.54) is 16.8 Å². The van der Waals surface area contributed by atoms with Gasteiger partial charge in [-0.05, 0) is 51.2 Å². The zero-order valence-corrected chi connectivity index (χ0v) is 17.6. The summed E-state index contributed by atoms with van der Waals surface area (Å²) >= 11 is 0. The minimum atomic E-state index is -2.52. The van der Waals surface area contributed by atoms with Crippen LogP contribution in [0.25, 0.3) is 0 Å². The van der Waals surface area contributed by atoms with Gasteiger partial charge in [-0.2, -0.15) is 5.10 Å². The van der Waals surface area contributed by atoms with E-state index < -0.39 is 24.4 Å². The summed E-state index contributed by atoms with van der Waals surface area (Å²) in [4.78, 5) is 14.6. The molecule has 1 aromatic carbocycles. The normalized spacial score (nSPS) is 24.5. The van der Waals surface area contributed by atoms with Crippen LogP contribution in [0.5, 0.6) is 5.75 Å². The predicted octanol–water partition coefficient (Wildman–Crippen LogP) is 4.03. The fourth-order valence-corrected chi connectivity index (χ4v) is 4.58. The fourth-order valence-electron chi connectivity index (χ4n) is 4.58. The molecule has 0 spiro atoms. The van der Waals surface area contributed by atoms with E-state index in [4.69, 9.17) is 4.74 Å². The Morgan fingerprint density at radius 2 is 2.10 bits per heavy atom. The van der Waals surface area contributed by atoms with Crippen molar-refractivity contribution in [2.75, 3.05) is 18.4 Å². The summed E-state index contributed by atoms with van der Waals surface area (Å²) in [7, 11) is 0. The number of ether oxygens (including phenoxy) is 1. The molecule has 9 heteroatoms. The summed E-state index contributed by atoms with van der Waals surface area (Å²) in [6, 6.07) is 6.58.